The van der Waals surface area contributed by atoms with Crippen molar-refractivity contribution < 1.29 is 13.2 Å². The zero-order chi connectivity index (χ0) is 20.6. The van der Waals surface area contributed by atoms with Gasteiger partial charge in [0, 0.05) is 38.8 Å². The number of rotatable bonds is 7. The van der Waals surface area contributed by atoms with E-state index in [4.69, 9.17) is 4.74 Å². The number of nitrogens with zero attached hydrogens (tertiary/aromatic N) is 2. The SMILES string of the molecule is CN=C(NCCS(=O)(=O)c1ccccc1)NCC1(N2CCOCC2)CCCCC1.I. The van der Waals surface area contributed by atoms with Crippen LogP contribution in [0.25, 0.3) is 0 Å². The highest BCUT2D eigenvalue weighted by Crippen LogP contribution is 2.33. The molecule has 0 atom stereocenters. The second-order valence-corrected chi connectivity index (χ2v) is 9.98. The van der Waals surface area contributed by atoms with Crippen LogP contribution >= 0.6 is 24.0 Å². The van der Waals surface area contributed by atoms with E-state index in [-0.39, 0.29) is 35.3 Å². The molecule has 9 heteroatoms. The van der Waals surface area contributed by atoms with Gasteiger partial charge in [-0.05, 0) is 25.0 Å². The molecule has 2 fully saturated rings. The third kappa shape index (κ3) is 6.80. The average Bonchev–Trinajstić information content (AvgIpc) is 2.78. The summed E-state index contributed by atoms with van der Waals surface area (Å²) in [5.41, 5.74) is 0.135. The van der Waals surface area contributed by atoms with Crippen molar-refractivity contribution in [2.45, 2.75) is 42.5 Å². The molecule has 30 heavy (non-hydrogen) atoms. The molecule has 1 heterocycles. The third-order valence-corrected chi connectivity index (χ3v) is 7.77. The maximum absolute atomic E-state index is 12.4. The molecule has 1 saturated heterocycles. The largest absolute Gasteiger partial charge is 0.379 e. The molecule has 170 valence electrons. The van der Waals surface area contributed by atoms with Crippen molar-refractivity contribution in [1.29, 1.82) is 0 Å². The third-order valence-electron chi connectivity index (χ3n) is 6.04. The second-order valence-electron chi connectivity index (χ2n) is 7.87. The van der Waals surface area contributed by atoms with Crippen molar-refractivity contribution in [3.05, 3.63) is 30.3 Å². The molecule has 3 rings (SSSR count). The number of halogens is 1. The van der Waals surface area contributed by atoms with Crippen LogP contribution in [0.1, 0.15) is 32.1 Å². The maximum Gasteiger partial charge on any atom is 0.191 e. The van der Waals surface area contributed by atoms with Crippen molar-refractivity contribution in [3.63, 3.8) is 0 Å². The van der Waals surface area contributed by atoms with E-state index in [9.17, 15) is 8.42 Å². The Hall–Kier alpha value is -0.910. The maximum atomic E-state index is 12.4. The number of aliphatic imine (C=N–C) groups is 1. The number of sulfone groups is 1. The van der Waals surface area contributed by atoms with E-state index in [1.807, 2.05) is 6.07 Å². The lowest BCUT2D eigenvalue weighted by molar-refractivity contribution is -0.0352. The lowest BCUT2D eigenvalue weighted by Crippen LogP contribution is -2.60. The van der Waals surface area contributed by atoms with E-state index in [0.29, 0.717) is 17.4 Å². The summed E-state index contributed by atoms with van der Waals surface area (Å²) in [5, 5.41) is 6.64. The molecule has 0 aromatic heterocycles. The lowest BCUT2D eigenvalue weighted by Gasteiger charge is -2.48. The zero-order valence-electron chi connectivity index (χ0n) is 17.8. The van der Waals surface area contributed by atoms with Crippen molar-refractivity contribution in [1.82, 2.24) is 15.5 Å². The molecule has 7 nitrogen and oxygen atoms in total. The summed E-state index contributed by atoms with van der Waals surface area (Å²) in [6, 6.07) is 8.58. The molecule has 0 radical (unpaired) electrons. The molecule has 1 aromatic carbocycles. The molecule has 2 N–H and O–H groups in total. The minimum Gasteiger partial charge on any atom is -0.379 e. The number of hydrogen-bond acceptors (Lipinski definition) is 5. The predicted molar refractivity (Wildman–Crippen MR) is 131 cm³/mol. The van der Waals surface area contributed by atoms with Gasteiger partial charge in [0.2, 0.25) is 0 Å². The van der Waals surface area contributed by atoms with E-state index in [0.717, 1.165) is 32.8 Å². The van der Waals surface area contributed by atoms with Crippen LogP contribution in [0.15, 0.2) is 40.2 Å². The van der Waals surface area contributed by atoms with E-state index >= 15 is 0 Å². The molecule has 2 aliphatic rings. The molecule has 1 aliphatic carbocycles. The molecule has 1 aliphatic heterocycles. The fourth-order valence-corrected chi connectivity index (χ4v) is 5.55. The fraction of sp³-hybridized carbons (Fsp3) is 0.667. The number of benzene rings is 1. The molecule has 1 saturated carbocycles. The number of morpholine rings is 1. The summed E-state index contributed by atoms with van der Waals surface area (Å²) >= 11 is 0. The van der Waals surface area contributed by atoms with Gasteiger partial charge in [-0.2, -0.15) is 0 Å². The predicted octanol–water partition coefficient (Wildman–Crippen LogP) is 2.28. The van der Waals surface area contributed by atoms with Gasteiger partial charge < -0.3 is 15.4 Å². The molecular weight excluding hydrogens is 515 g/mol. The summed E-state index contributed by atoms with van der Waals surface area (Å²) in [6.07, 6.45) is 6.16. The fourth-order valence-electron chi connectivity index (χ4n) is 4.37. The van der Waals surface area contributed by atoms with Crippen molar-refractivity contribution in [2.24, 2.45) is 4.99 Å². The summed E-state index contributed by atoms with van der Waals surface area (Å²) in [6.45, 7) is 4.68. The highest BCUT2D eigenvalue weighted by atomic mass is 127. The second kappa shape index (κ2) is 12.2. The Morgan fingerprint density at radius 2 is 1.77 bits per heavy atom. The van der Waals surface area contributed by atoms with Gasteiger partial charge in [-0.1, -0.05) is 37.5 Å². The van der Waals surface area contributed by atoms with Gasteiger partial charge in [0.25, 0.3) is 0 Å². The number of ether oxygens (including phenoxy) is 1. The molecule has 0 amide bonds. The van der Waals surface area contributed by atoms with Crippen LogP contribution in [-0.4, -0.2) is 77.0 Å². The van der Waals surface area contributed by atoms with Crippen LogP contribution in [0.2, 0.25) is 0 Å². The van der Waals surface area contributed by atoms with Crippen LogP contribution in [0.3, 0.4) is 0 Å². The first kappa shape index (κ1) is 25.4. The molecule has 0 unspecified atom stereocenters. The summed E-state index contributed by atoms with van der Waals surface area (Å²) in [4.78, 5) is 7.24. The van der Waals surface area contributed by atoms with E-state index in [2.05, 4.69) is 20.5 Å². The first-order chi connectivity index (χ1) is 14.1. The minimum absolute atomic E-state index is 0. The Balaban J connectivity index is 0.00000320. The van der Waals surface area contributed by atoms with Crippen LogP contribution in [-0.2, 0) is 14.6 Å². The number of hydrogen-bond donors (Lipinski definition) is 2. The van der Waals surface area contributed by atoms with E-state index in [1.54, 1.807) is 31.3 Å². The highest BCUT2D eigenvalue weighted by Gasteiger charge is 2.38. The summed E-state index contributed by atoms with van der Waals surface area (Å²) in [5.74, 6) is 0.693. The Morgan fingerprint density at radius 1 is 1.10 bits per heavy atom. The van der Waals surface area contributed by atoms with Gasteiger partial charge in [0.05, 0.1) is 23.9 Å². The standard InChI is InChI=1S/C21H34N4O3S.HI/c1-22-20(23-12-17-29(26,27)19-8-4-2-5-9-19)24-18-21(10-6-3-7-11-21)25-13-15-28-16-14-25;/h2,4-5,8-9H,3,6-7,10-18H2,1H3,(H2,22,23,24);1H. The van der Waals surface area contributed by atoms with Crippen LogP contribution < -0.4 is 10.6 Å². The van der Waals surface area contributed by atoms with Gasteiger partial charge in [0.15, 0.2) is 15.8 Å². The lowest BCUT2D eigenvalue weighted by atomic mass is 9.80. The Bertz CT molecular complexity index is 762. The minimum atomic E-state index is -3.30. The Kier molecular flexibility index (Phi) is 10.3. The van der Waals surface area contributed by atoms with E-state index in [1.165, 1.54) is 32.1 Å². The van der Waals surface area contributed by atoms with Gasteiger partial charge in [0.1, 0.15) is 0 Å². The molecule has 0 spiro atoms. The average molecular weight is 551 g/mol. The topological polar surface area (TPSA) is 83.0 Å². The van der Waals surface area contributed by atoms with E-state index < -0.39 is 9.84 Å². The number of guanidine groups is 1. The Labute approximate surface area is 198 Å². The monoisotopic (exact) mass is 550 g/mol. The van der Waals surface area contributed by atoms with Crippen molar-refractivity contribution in [2.75, 3.05) is 52.2 Å². The first-order valence-corrected chi connectivity index (χ1v) is 12.3. The quantitative estimate of drug-likeness (QED) is 0.308. The van der Waals surface area contributed by atoms with Gasteiger partial charge >= 0.3 is 0 Å². The molecule has 1 aromatic rings. The summed E-state index contributed by atoms with van der Waals surface area (Å²) in [7, 11) is -1.57. The van der Waals surface area contributed by atoms with Crippen LogP contribution in [0, 0.1) is 0 Å². The van der Waals surface area contributed by atoms with Gasteiger partial charge in [-0.15, -0.1) is 24.0 Å². The zero-order valence-corrected chi connectivity index (χ0v) is 21.0. The molecule has 0 bridgehead atoms. The van der Waals surface area contributed by atoms with Crippen molar-refractivity contribution in [3.8, 4) is 0 Å². The summed E-state index contributed by atoms with van der Waals surface area (Å²) < 4.78 is 30.4. The number of nitrogens with one attached hydrogen (secondary N) is 2. The van der Waals surface area contributed by atoms with Crippen LogP contribution in [0.4, 0.5) is 0 Å². The highest BCUT2D eigenvalue weighted by molar-refractivity contribution is 14.0. The first-order valence-electron chi connectivity index (χ1n) is 10.6. The molecular formula is C21H35IN4O3S. The Morgan fingerprint density at radius 3 is 2.40 bits per heavy atom. The van der Waals surface area contributed by atoms with Crippen LogP contribution in [0.5, 0.6) is 0 Å². The van der Waals surface area contributed by atoms with Crippen molar-refractivity contribution >= 4 is 39.8 Å². The smallest absolute Gasteiger partial charge is 0.191 e. The van der Waals surface area contributed by atoms with Gasteiger partial charge in [-0.3, -0.25) is 9.89 Å². The van der Waals surface area contributed by atoms with Gasteiger partial charge in [-0.25, -0.2) is 8.42 Å². The normalized spacial score (nSPS) is 20.2.